The third kappa shape index (κ3) is 5.02. The molecule has 3 rings (SSSR count). The van der Waals surface area contributed by atoms with E-state index in [-0.39, 0.29) is 10.8 Å². The van der Waals surface area contributed by atoms with Gasteiger partial charge in [0.2, 0.25) is 21.8 Å². The molecule has 0 aromatic heterocycles. The summed E-state index contributed by atoms with van der Waals surface area (Å²) in [5.41, 5.74) is 1.60. The average molecular weight is 416 g/mol. The number of nitrogens with zero attached hydrogens (tertiary/aromatic N) is 1. The Bertz CT molecular complexity index is 975. The lowest BCUT2D eigenvalue weighted by atomic mass is 10.2. The van der Waals surface area contributed by atoms with Crippen LogP contribution in [0.15, 0.2) is 59.5 Å². The Kier molecular flexibility index (Phi) is 6.34. The Morgan fingerprint density at radius 1 is 1.07 bits per heavy atom. The van der Waals surface area contributed by atoms with Gasteiger partial charge >= 0.3 is 0 Å². The molecule has 7 nitrogen and oxygen atoms in total. The Morgan fingerprint density at radius 3 is 2.38 bits per heavy atom. The summed E-state index contributed by atoms with van der Waals surface area (Å²) < 4.78 is 27.6. The molecule has 1 fully saturated rings. The summed E-state index contributed by atoms with van der Waals surface area (Å²) in [5.74, 6) is -0.679. The van der Waals surface area contributed by atoms with Gasteiger partial charge in [-0.25, -0.2) is 8.42 Å². The molecule has 0 unspecified atom stereocenters. The topological polar surface area (TPSA) is 95.6 Å². The number of hydrogen-bond acceptors (Lipinski definition) is 4. The number of hydrogen-bond donors (Lipinski definition) is 2. The lowest BCUT2D eigenvalue weighted by Gasteiger charge is -2.27. The van der Waals surface area contributed by atoms with E-state index in [1.54, 1.807) is 24.3 Å². The third-order valence-corrected chi connectivity index (χ3v) is 6.47. The van der Waals surface area contributed by atoms with Crippen molar-refractivity contribution in [2.75, 3.05) is 11.9 Å². The first kappa shape index (κ1) is 21.0. The largest absolute Gasteiger partial charge is 0.329 e. The maximum atomic E-state index is 12.9. The van der Waals surface area contributed by atoms with Crippen LogP contribution in [0.2, 0.25) is 0 Å². The number of aryl methyl sites for hydroxylation is 1. The van der Waals surface area contributed by atoms with Crippen LogP contribution in [0.4, 0.5) is 5.69 Å². The second kappa shape index (κ2) is 8.75. The monoisotopic (exact) mass is 415 g/mol. The third-order valence-electron chi connectivity index (χ3n) is 4.91. The van der Waals surface area contributed by atoms with E-state index < -0.39 is 28.0 Å². The number of carbonyl (C=O) groups excluding carboxylic acids is 2. The number of amides is 2. The van der Waals surface area contributed by atoms with E-state index >= 15 is 0 Å². The number of carbonyl (C=O) groups is 2. The maximum Gasteiger partial charge on any atom is 0.247 e. The molecule has 2 amide bonds. The first-order valence-electron chi connectivity index (χ1n) is 9.53. The van der Waals surface area contributed by atoms with Gasteiger partial charge in [-0.2, -0.15) is 4.72 Å². The van der Waals surface area contributed by atoms with Crippen LogP contribution in [0.1, 0.15) is 25.3 Å². The van der Waals surface area contributed by atoms with Gasteiger partial charge in [-0.05, 0) is 51.0 Å². The van der Waals surface area contributed by atoms with Crippen LogP contribution >= 0.6 is 0 Å². The van der Waals surface area contributed by atoms with Crippen LogP contribution in [0, 0.1) is 6.92 Å². The van der Waals surface area contributed by atoms with Crippen molar-refractivity contribution in [3.63, 3.8) is 0 Å². The molecule has 1 saturated heterocycles. The van der Waals surface area contributed by atoms with Crippen LogP contribution in [-0.2, 0) is 19.6 Å². The maximum absolute atomic E-state index is 12.9. The lowest BCUT2D eigenvalue weighted by Crippen LogP contribution is -2.51. The smallest absolute Gasteiger partial charge is 0.247 e. The average Bonchev–Trinajstić information content (AvgIpc) is 3.18. The highest BCUT2D eigenvalue weighted by atomic mass is 32.2. The van der Waals surface area contributed by atoms with E-state index in [0.29, 0.717) is 25.1 Å². The number of sulfonamides is 1. The Morgan fingerprint density at radius 2 is 1.72 bits per heavy atom. The molecule has 2 aromatic rings. The van der Waals surface area contributed by atoms with E-state index in [4.69, 9.17) is 0 Å². The molecule has 1 aliphatic heterocycles. The molecule has 0 saturated carbocycles. The summed E-state index contributed by atoms with van der Waals surface area (Å²) in [4.78, 5) is 27.1. The highest BCUT2D eigenvalue weighted by molar-refractivity contribution is 7.89. The van der Waals surface area contributed by atoms with Crippen molar-refractivity contribution in [2.24, 2.45) is 0 Å². The van der Waals surface area contributed by atoms with Crippen LogP contribution in [0.3, 0.4) is 0 Å². The molecule has 154 valence electrons. The summed E-state index contributed by atoms with van der Waals surface area (Å²) in [6.07, 6.45) is 1.23. The van der Waals surface area contributed by atoms with E-state index in [1.807, 2.05) is 25.1 Å². The molecule has 1 aliphatic rings. The molecule has 0 radical (unpaired) electrons. The van der Waals surface area contributed by atoms with Crippen molar-refractivity contribution in [3.05, 3.63) is 60.2 Å². The highest BCUT2D eigenvalue weighted by Gasteiger charge is 2.37. The number of para-hydroxylation sites is 1. The fourth-order valence-electron chi connectivity index (χ4n) is 3.37. The SMILES string of the molecule is Cc1ccc(S(=O)(=O)N[C@@H](C)C(=O)N2CCC[C@H]2C(=O)Nc2ccccc2)cc1. The molecule has 8 heteroatoms. The molecule has 0 aliphatic carbocycles. The number of anilines is 1. The van der Waals surface area contributed by atoms with Crippen LogP contribution in [-0.4, -0.2) is 43.8 Å². The van der Waals surface area contributed by atoms with Gasteiger partial charge in [-0.1, -0.05) is 35.9 Å². The van der Waals surface area contributed by atoms with Gasteiger partial charge in [0.1, 0.15) is 6.04 Å². The molecule has 2 atom stereocenters. The molecular weight excluding hydrogens is 390 g/mol. The van der Waals surface area contributed by atoms with Gasteiger partial charge in [0.25, 0.3) is 0 Å². The van der Waals surface area contributed by atoms with Crippen LogP contribution < -0.4 is 10.0 Å². The van der Waals surface area contributed by atoms with Crippen molar-refractivity contribution in [1.82, 2.24) is 9.62 Å². The van der Waals surface area contributed by atoms with Crippen molar-refractivity contribution < 1.29 is 18.0 Å². The highest BCUT2D eigenvalue weighted by Crippen LogP contribution is 2.21. The van der Waals surface area contributed by atoms with E-state index in [9.17, 15) is 18.0 Å². The van der Waals surface area contributed by atoms with E-state index in [0.717, 1.165) is 5.56 Å². The summed E-state index contributed by atoms with van der Waals surface area (Å²) in [6.45, 7) is 3.78. The zero-order valence-corrected chi connectivity index (χ0v) is 17.3. The number of rotatable bonds is 6. The van der Waals surface area contributed by atoms with Crippen molar-refractivity contribution in [3.8, 4) is 0 Å². The van der Waals surface area contributed by atoms with Crippen LogP contribution in [0.25, 0.3) is 0 Å². The molecule has 29 heavy (non-hydrogen) atoms. The van der Waals surface area contributed by atoms with Gasteiger partial charge < -0.3 is 10.2 Å². The quantitative estimate of drug-likeness (QED) is 0.757. The molecule has 0 spiro atoms. The van der Waals surface area contributed by atoms with Gasteiger partial charge in [0.05, 0.1) is 10.9 Å². The minimum atomic E-state index is -3.84. The fraction of sp³-hybridized carbons (Fsp3) is 0.333. The number of likely N-dealkylation sites (tertiary alicyclic amines) is 1. The molecule has 2 aromatic carbocycles. The Hall–Kier alpha value is -2.71. The minimum absolute atomic E-state index is 0.0996. The van der Waals surface area contributed by atoms with Crippen molar-refractivity contribution >= 4 is 27.5 Å². The minimum Gasteiger partial charge on any atom is -0.329 e. The van der Waals surface area contributed by atoms with Crippen molar-refractivity contribution in [2.45, 2.75) is 43.7 Å². The standard InChI is InChI=1S/C21H25N3O4S/c1-15-10-12-18(13-11-15)29(27,28)23-16(2)21(26)24-14-6-9-19(24)20(25)22-17-7-4-3-5-8-17/h3-5,7-8,10-13,16,19,23H,6,9,14H2,1-2H3,(H,22,25)/t16-,19-/m0/s1. The van der Waals surface area contributed by atoms with Crippen molar-refractivity contribution in [1.29, 1.82) is 0 Å². The van der Waals surface area contributed by atoms with Gasteiger partial charge in [-0.3, -0.25) is 9.59 Å². The molecule has 1 heterocycles. The first-order chi connectivity index (χ1) is 13.8. The predicted molar refractivity (Wildman–Crippen MR) is 111 cm³/mol. The van der Waals surface area contributed by atoms with E-state index in [2.05, 4.69) is 10.0 Å². The molecule has 2 N–H and O–H groups in total. The van der Waals surface area contributed by atoms with E-state index in [1.165, 1.54) is 24.0 Å². The summed E-state index contributed by atoms with van der Waals surface area (Å²) in [7, 11) is -3.84. The van der Waals surface area contributed by atoms with Crippen LogP contribution in [0.5, 0.6) is 0 Å². The summed E-state index contributed by atoms with van der Waals surface area (Å²) in [6, 6.07) is 13.8. The second-order valence-corrected chi connectivity index (χ2v) is 8.91. The normalized spacial score (nSPS) is 17.7. The Labute approximate surface area is 171 Å². The zero-order valence-electron chi connectivity index (χ0n) is 16.5. The van der Waals surface area contributed by atoms with Gasteiger partial charge in [-0.15, -0.1) is 0 Å². The number of benzene rings is 2. The predicted octanol–water partition coefficient (Wildman–Crippen LogP) is 2.29. The van der Waals surface area contributed by atoms with Gasteiger partial charge in [0, 0.05) is 12.2 Å². The number of nitrogens with one attached hydrogen (secondary N) is 2. The second-order valence-electron chi connectivity index (χ2n) is 7.20. The summed E-state index contributed by atoms with van der Waals surface area (Å²) >= 11 is 0. The summed E-state index contributed by atoms with van der Waals surface area (Å²) in [5, 5.41) is 2.82. The lowest BCUT2D eigenvalue weighted by molar-refractivity contribution is -0.137. The zero-order chi connectivity index (χ0) is 21.0. The first-order valence-corrected chi connectivity index (χ1v) is 11.0. The fourth-order valence-corrected chi connectivity index (χ4v) is 4.56. The molecule has 0 bridgehead atoms. The molecular formula is C21H25N3O4S. The van der Waals surface area contributed by atoms with Gasteiger partial charge in [0.15, 0.2) is 0 Å². The Balaban J connectivity index is 1.67.